The van der Waals surface area contributed by atoms with Crippen molar-refractivity contribution in [3.8, 4) is 0 Å². The number of hydrogen-bond donors (Lipinski definition) is 4. The third-order valence-corrected chi connectivity index (χ3v) is 9.86. The summed E-state index contributed by atoms with van der Waals surface area (Å²) in [4.78, 5) is 0. The van der Waals surface area contributed by atoms with Crippen LogP contribution >= 0.6 is 0 Å². The summed E-state index contributed by atoms with van der Waals surface area (Å²) >= 11 is 0. The van der Waals surface area contributed by atoms with E-state index in [1.165, 1.54) is 17.6 Å². The third-order valence-electron chi connectivity index (χ3n) is 9.86. The van der Waals surface area contributed by atoms with Crippen molar-refractivity contribution in [2.45, 2.75) is 97.4 Å². The highest BCUT2D eigenvalue weighted by atomic mass is 16.3. The van der Waals surface area contributed by atoms with Crippen LogP contribution in [0.4, 0.5) is 0 Å². The molecule has 0 saturated heterocycles. The predicted octanol–water partition coefficient (Wildman–Crippen LogP) is 5.06. The summed E-state index contributed by atoms with van der Waals surface area (Å²) in [6.45, 7) is 10.0. The van der Waals surface area contributed by atoms with Gasteiger partial charge in [-0.05, 0) is 117 Å². The lowest BCUT2D eigenvalue weighted by Gasteiger charge is -2.62. The molecule has 4 rings (SSSR count). The van der Waals surface area contributed by atoms with Crippen molar-refractivity contribution in [2.75, 3.05) is 0 Å². The molecule has 0 bridgehead atoms. The molecule has 4 nitrogen and oxygen atoms in total. The normalized spacial score (nSPS) is 46.1. The molecule has 0 aromatic heterocycles. The molecule has 3 fully saturated rings. The van der Waals surface area contributed by atoms with Gasteiger partial charge in [-0.2, -0.15) is 0 Å². The molecule has 4 aliphatic carbocycles. The summed E-state index contributed by atoms with van der Waals surface area (Å²) in [6.07, 6.45) is 12.3. The van der Waals surface area contributed by atoms with Gasteiger partial charge in [0.2, 0.25) is 0 Å². The van der Waals surface area contributed by atoms with Gasteiger partial charge in [0.25, 0.3) is 0 Å². The lowest BCUT2D eigenvalue weighted by atomic mass is 9.44. The molecule has 0 amide bonds. The Labute approximate surface area is 187 Å². The van der Waals surface area contributed by atoms with Crippen molar-refractivity contribution in [3.05, 3.63) is 35.1 Å². The molecule has 0 aromatic rings. The maximum absolute atomic E-state index is 11.1. The number of allylic oxidation sites excluding steroid dienone is 5. The number of aliphatic hydroxyl groups is 4. The van der Waals surface area contributed by atoms with E-state index in [-0.39, 0.29) is 22.7 Å². The zero-order valence-corrected chi connectivity index (χ0v) is 19.9. The molecular weight excluding hydrogens is 388 g/mol. The fourth-order valence-electron chi connectivity index (χ4n) is 7.97. The first kappa shape index (κ1) is 23.1. The van der Waals surface area contributed by atoms with Crippen molar-refractivity contribution < 1.29 is 20.4 Å². The summed E-state index contributed by atoms with van der Waals surface area (Å²) in [5.41, 5.74) is 1.39. The Bertz CT molecular complexity index is 803. The summed E-state index contributed by atoms with van der Waals surface area (Å²) < 4.78 is 0. The number of rotatable bonds is 3. The van der Waals surface area contributed by atoms with Crippen LogP contribution in [0, 0.1) is 34.5 Å². The zero-order valence-electron chi connectivity index (χ0n) is 19.9. The molecule has 0 radical (unpaired) electrons. The van der Waals surface area contributed by atoms with Crippen molar-refractivity contribution in [2.24, 2.45) is 34.5 Å². The Kier molecular flexibility index (Phi) is 5.76. The van der Waals surface area contributed by atoms with Crippen LogP contribution in [0.15, 0.2) is 35.1 Å². The first-order valence-corrected chi connectivity index (χ1v) is 12.3. The van der Waals surface area contributed by atoms with E-state index in [4.69, 9.17) is 0 Å². The molecule has 174 valence electrons. The first-order chi connectivity index (χ1) is 14.4. The van der Waals surface area contributed by atoms with Gasteiger partial charge in [0, 0.05) is 0 Å². The molecular formula is C27H42O4. The van der Waals surface area contributed by atoms with E-state index in [0.717, 1.165) is 32.1 Å². The minimum absolute atomic E-state index is 0.0180. The minimum Gasteiger partial charge on any atom is -0.509 e. The maximum atomic E-state index is 11.1. The van der Waals surface area contributed by atoms with Crippen molar-refractivity contribution in [3.63, 3.8) is 0 Å². The molecule has 0 aromatic carbocycles. The second-order valence-corrected chi connectivity index (χ2v) is 11.9. The topological polar surface area (TPSA) is 80.9 Å². The molecule has 0 spiro atoms. The summed E-state index contributed by atoms with van der Waals surface area (Å²) in [6, 6.07) is 0. The quantitative estimate of drug-likeness (QED) is 0.373. The Morgan fingerprint density at radius 1 is 1.06 bits per heavy atom. The van der Waals surface area contributed by atoms with Crippen LogP contribution in [0.25, 0.3) is 0 Å². The molecule has 4 heteroatoms. The van der Waals surface area contributed by atoms with Gasteiger partial charge < -0.3 is 20.4 Å². The number of aliphatic hydroxyl groups excluding tert-OH is 3. The van der Waals surface area contributed by atoms with Crippen LogP contribution in [0.1, 0.15) is 79.6 Å². The van der Waals surface area contributed by atoms with Crippen LogP contribution in [0.5, 0.6) is 0 Å². The highest BCUT2D eigenvalue weighted by Crippen LogP contribution is 2.66. The second kappa shape index (κ2) is 7.74. The van der Waals surface area contributed by atoms with Gasteiger partial charge in [0.15, 0.2) is 0 Å². The molecule has 8 atom stereocenters. The van der Waals surface area contributed by atoms with E-state index in [1.54, 1.807) is 19.9 Å². The van der Waals surface area contributed by atoms with Gasteiger partial charge in [-0.1, -0.05) is 26.0 Å². The van der Waals surface area contributed by atoms with E-state index in [1.807, 2.05) is 6.08 Å². The van der Waals surface area contributed by atoms with Crippen molar-refractivity contribution >= 4 is 0 Å². The molecule has 4 N–H and O–H groups in total. The summed E-state index contributed by atoms with van der Waals surface area (Å²) in [5, 5.41) is 41.4. The van der Waals surface area contributed by atoms with Crippen molar-refractivity contribution in [1.29, 1.82) is 0 Å². The highest BCUT2D eigenvalue weighted by molar-refractivity contribution is 5.42. The van der Waals surface area contributed by atoms with Gasteiger partial charge in [-0.15, -0.1) is 0 Å². The van der Waals surface area contributed by atoms with E-state index < -0.39 is 11.7 Å². The van der Waals surface area contributed by atoms with Gasteiger partial charge in [-0.25, -0.2) is 0 Å². The van der Waals surface area contributed by atoms with E-state index >= 15 is 0 Å². The van der Waals surface area contributed by atoms with Gasteiger partial charge in [-0.3, -0.25) is 0 Å². The standard InChI is InChI=1S/C27H42O4/c1-16(6-11-23(29)25(2,3)31)20-9-10-21-19-8-7-17-14-18(28)15-24(30)27(17,5)22(19)12-13-26(20,21)4/h6,9,11,17-19,21-22,24,28-31H,7-8,10,12-15H2,1-5H3/t17?,18?,19-,21-,22-,24?,26+,27-/m0/s1. The predicted molar refractivity (Wildman–Crippen MR) is 123 cm³/mol. The average molecular weight is 431 g/mol. The first-order valence-electron chi connectivity index (χ1n) is 12.3. The molecule has 3 unspecified atom stereocenters. The Morgan fingerprint density at radius 2 is 1.77 bits per heavy atom. The summed E-state index contributed by atoms with van der Waals surface area (Å²) in [7, 11) is 0. The monoisotopic (exact) mass is 430 g/mol. The fraction of sp³-hybridized carbons (Fsp3) is 0.778. The van der Waals surface area contributed by atoms with E-state index in [2.05, 4.69) is 26.8 Å². The smallest absolute Gasteiger partial charge is 0.123 e. The summed E-state index contributed by atoms with van der Waals surface area (Å²) in [5.74, 6) is 2.15. The molecule has 4 aliphatic rings. The average Bonchev–Trinajstić information content (AvgIpc) is 3.03. The van der Waals surface area contributed by atoms with Crippen LogP contribution in [0.3, 0.4) is 0 Å². The number of hydrogen-bond acceptors (Lipinski definition) is 4. The van der Waals surface area contributed by atoms with Gasteiger partial charge in [0.05, 0.1) is 12.2 Å². The van der Waals surface area contributed by atoms with Gasteiger partial charge in [0.1, 0.15) is 11.4 Å². The fourth-order valence-corrected chi connectivity index (χ4v) is 7.97. The Morgan fingerprint density at radius 3 is 2.45 bits per heavy atom. The van der Waals surface area contributed by atoms with Crippen LogP contribution in [-0.4, -0.2) is 38.2 Å². The van der Waals surface area contributed by atoms with Crippen molar-refractivity contribution in [1.82, 2.24) is 0 Å². The molecule has 31 heavy (non-hydrogen) atoms. The SMILES string of the molecule is CC(=CC=C(O)C(C)(C)O)C1=CC[C@H]2[C@@H]3CCC4CC(O)CC(O)[C@]4(C)[C@H]3CC[C@]12C. The molecule has 0 heterocycles. The largest absolute Gasteiger partial charge is 0.509 e. The zero-order chi connectivity index (χ0) is 22.8. The lowest BCUT2D eigenvalue weighted by Crippen LogP contribution is -2.59. The number of fused-ring (bicyclic) bond motifs is 5. The molecule has 0 aliphatic heterocycles. The Balaban J connectivity index is 1.58. The highest BCUT2D eigenvalue weighted by Gasteiger charge is 2.61. The van der Waals surface area contributed by atoms with E-state index in [9.17, 15) is 20.4 Å². The molecule has 3 saturated carbocycles. The van der Waals surface area contributed by atoms with Crippen LogP contribution in [-0.2, 0) is 0 Å². The lowest BCUT2D eigenvalue weighted by molar-refractivity contribution is -0.176. The minimum atomic E-state index is -1.23. The Hall–Kier alpha value is -1.10. The second-order valence-electron chi connectivity index (χ2n) is 11.9. The third kappa shape index (κ3) is 3.63. The van der Waals surface area contributed by atoms with Gasteiger partial charge >= 0.3 is 0 Å². The van der Waals surface area contributed by atoms with E-state index in [0.29, 0.717) is 30.1 Å². The van der Waals surface area contributed by atoms with Crippen LogP contribution in [0.2, 0.25) is 0 Å². The van der Waals surface area contributed by atoms with Crippen LogP contribution < -0.4 is 0 Å². The maximum Gasteiger partial charge on any atom is 0.123 e.